The van der Waals surface area contributed by atoms with Crippen molar-refractivity contribution in [2.24, 2.45) is 11.8 Å². The standard InChI is InChI=1S/C38H48N10O6/c1-23(2)31(43-37(51)53-5)33(49)45-17-7-19-47(45)35-39-21-29(41-35)27-13-9-25(10-14-27)26-11-15-28(16-12-26)30-22-40-36(42-30)48-20-8-18-46(48)34(50)32(24(3)4)44-38(52)54-6/h9-16,21-24,31-32H,7-8,17-20H2,1-6H3,(H,39,41)(H,40,42)(H,43,51)(H,44,52). The molecular formula is C38H48N10O6. The first-order chi connectivity index (χ1) is 26.0. The van der Waals surface area contributed by atoms with Crippen LogP contribution in [0.1, 0.15) is 40.5 Å². The average molecular weight is 741 g/mol. The zero-order valence-corrected chi connectivity index (χ0v) is 31.5. The van der Waals surface area contributed by atoms with Crippen LogP contribution in [0.4, 0.5) is 21.5 Å². The Labute approximate surface area is 314 Å². The molecule has 4 heterocycles. The number of aromatic amines is 2. The molecule has 2 aliphatic heterocycles. The third-order valence-corrected chi connectivity index (χ3v) is 9.69. The number of hydrazine groups is 2. The molecule has 2 atom stereocenters. The monoisotopic (exact) mass is 740 g/mol. The number of carbonyl (C=O) groups is 4. The molecule has 2 aliphatic rings. The molecule has 2 fully saturated rings. The first kappa shape index (κ1) is 37.7. The Morgan fingerprint density at radius 3 is 1.28 bits per heavy atom. The van der Waals surface area contributed by atoms with Crippen LogP contribution >= 0.6 is 0 Å². The van der Waals surface area contributed by atoms with E-state index in [1.165, 1.54) is 14.2 Å². The highest BCUT2D eigenvalue weighted by Crippen LogP contribution is 2.30. The van der Waals surface area contributed by atoms with Gasteiger partial charge in [0.15, 0.2) is 0 Å². The quantitative estimate of drug-likeness (QED) is 0.167. The second kappa shape index (κ2) is 16.3. The maximum atomic E-state index is 13.5. The number of carbonyl (C=O) groups excluding carboxylic acids is 4. The maximum absolute atomic E-state index is 13.5. The van der Waals surface area contributed by atoms with E-state index in [-0.39, 0.29) is 23.7 Å². The van der Waals surface area contributed by atoms with Crippen LogP contribution in [0.3, 0.4) is 0 Å². The number of ether oxygens (including phenoxy) is 2. The SMILES string of the molecule is COC(=O)NC(C(=O)N1CCCN1c1ncc(-c2ccc(-c3ccc(-c4cnc(N5CCCN5C(=O)C(NC(=O)OC)C(C)C)[nH]4)cc3)cc2)[nH]1)C(C)C. The Morgan fingerprint density at radius 2 is 0.944 bits per heavy atom. The lowest BCUT2D eigenvalue weighted by atomic mass is 10.0. The van der Waals surface area contributed by atoms with E-state index in [0.717, 1.165) is 46.5 Å². The summed E-state index contributed by atoms with van der Waals surface area (Å²) in [6, 6.07) is 14.8. The van der Waals surface area contributed by atoms with Gasteiger partial charge in [0, 0.05) is 26.2 Å². The van der Waals surface area contributed by atoms with Gasteiger partial charge in [-0.3, -0.25) is 19.6 Å². The number of nitrogens with zero attached hydrogens (tertiary/aromatic N) is 6. The van der Waals surface area contributed by atoms with Crippen molar-refractivity contribution < 1.29 is 28.7 Å². The molecule has 0 bridgehead atoms. The van der Waals surface area contributed by atoms with Crippen molar-refractivity contribution in [1.82, 2.24) is 40.6 Å². The van der Waals surface area contributed by atoms with Crippen molar-refractivity contribution in [3.63, 3.8) is 0 Å². The molecule has 4 amide bonds. The zero-order valence-electron chi connectivity index (χ0n) is 31.5. The fourth-order valence-electron chi connectivity index (χ4n) is 6.70. The van der Waals surface area contributed by atoms with E-state index in [9.17, 15) is 19.2 Å². The first-order valence-corrected chi connectivity index (χ1v) is 18.2. The summed E-state index contributed by atoms with van der Waals surface area (Å²) < 4.78 is 9.47. The number of rotatable bonds is 11. The molecule has 286 valence electrons. The van der Waals surface area contributed by atoms with E-state index in [1.807, 2.05) is 62.0 Å². The summed E-state index contributed by atoms with van der Waals surface area (Å²) in [6.45, 7) is 9.78. The van der Waals surface area contributed by atoms with E-state index < -0.39 is 24.3 Å². The highest BCUT2D eigenvalue weighted by atomic mass is 16.5. The van der Waals surface area contributed by atoms with Crippen molar-refractivity contribution >= 4 is 35.9 Å². The zero-order chi connectivity index (χ0) is 38.5. The van der Waals surface area contributed by atoms with Crippen molar-refractivity contribution in [1.29, 1.82) is 0 Å². The van der Waals surface area contributed by atoms with Crippen LogP contribution in [0, 0.1) is 11.8 Å². The van der Waals surface area contributed by atoms with Crippen LogP contribution in [0.25, 0.3) is 33.6 Å². The molecular weight excluding hydrogens is 692 g/mol. The molecule has 6 rings (SSSR count). The summed E-state index contributed by atoms with van der Waals surface area (Å²) in [5.41, 5.74) is 5.59. The van der Waals surface area contributed by atoms with Crippen LogP contribution in [-0.2, 0) is 19.1 Å². The number of alkyl carbamates (subject to hydrolysis) is 2. The minimum absolute atomic E-state index is 0.132. The minimum Gasteiger partial charge on any atom is -0.453 e. The van der Waals surface area contributed by atoms with Gasteiger partial charge in [0.1, 0.15) is 12.1 Å². The van der Waals surface area contributed by atoms with Crippen LogP contribution in [0.2, 0.25) is 0 Å². The Balaban J connectivity index is 1.11. The molecule has 4 N–H and O–H groups in total. The van der Waals surface area contributed by atoms with Gasteiger partial charge in [-0.25, -0.2) is 29.6 Å². The maximum Gasteiger partial charge on any atom is 0.407 e. The van der Waals surface area contributed by atoms with Crippen LogP contribution < -0.4 is 20.7 Å². The molecule has 2 saturated heterocycles. The van der Waals surface area contributed by atoms with E-state index in [1.54, 1.807) is 22.4 Å². The van der Waals surface area contributed by atoms with Crippen molar-refractivity contribution in [3.8, 4) is 33.6 Å². The number of nitrogens with one attached hydrogen (secondary N) is 4. The number of hydrogen-bond acceptors (Lipinski definition) is 10. The predicted octanol–water partition coefficient (Wildman–Crippen LogP) is 4.80. The molecule has 2 aromatic heterocycles. The third-order valence-electron chi connectivity index (χ3n) is 9.69. The number of hydrogen-bond donors (Lipinski definition) is 4. The van der Waals surface area contributed by atoms with E-state index in [2.05, 4.69) is 54.8 Å². The number of aromatic nitrogens is 4. The first-order valence-electron chi connectivity index (χ1n) is 18.2. The van der Waals surface area contributed by atoms with E-state index in [0.29, 0.717) is 38.1 Å². The average Bonchev–Trinajstić information content (AvgIpc) is 4.02. The lowest BCUT2D eigenvalue weighted by molar-refractivity contribution is -0.134. The van der Waals surface area contributed by atoms with Gasteiger partial charge in [-0.2, -0.15) is 0 Å². The number of amides is 4. The number of imidazole rings is 2. The summed E-state index contributed by atoms with van der Waals surface area (Å²) in [7, 11) is 2.55. The number of anilines is 2. The molecule has 0 radical (unpaired) electrons. The van der Waals surface area contributed by atoms with Gasteiger partial charge < -0.3 is 30.1 Å². The molecule has 2 unspecified atom stereocenters. The summed E-state index contributed by atoms with van der Waals surface area (Å²) >= 11 is 0. The fraction of sp³-hybridized carbons (Fsp3) is 0.421. The molecule has 2 aromatic carbocycles. The Kier molecular flexibility index (Phi) is 11.4. The van der Waals surface area contributed by atoms with Crippen LogP contribution in [0.5, 0.6) is 0 Å². The Hall–Kier alpha value is -6.06. The molecule has 4 aromatic rings. The molecule has 0 saturated carbocycles. The molecule has 0 aliphatic carbocycles. The van der Waals surface area contributed by atoms with Crippen LogP contribution in [-0.4, -0.2) is 106 Å². The largest absolute Gasteiger partial charge is 0.453 e. The highest BCUT2D eigenvalue weighted by molar-refractivity contribution is 5.88. The van der Waals surface area contributed by atoms with Crippen molar-refractivity contribution in [2.75, 3.05) is 50.4 Å². The van der Waals surface area contributed by atoms with Crippen LogP contribution in [0.15, 0.2) is 60.9 Å². The topological polar surface area (TPSA) is 181 Å². The number of H-pyrrole nitrogens is 2. The van der Waals surface area contributed by atoms with Gasteiger partial charge >= 0.3 is 12.2 Å². The molecule has 54 heavy (non-hydrogen) atoms. The predicted molar refractivity (Wildman–Crippen MR) is 203 cm³/mol. The van der Waals surface area contributed by atoms with E-state index in [4.69, 9.17) is 9.47 Å². The Morgan fingerprint density at radius 1 is 0.593 bits per heavy atom. The molecule has 16 nitrogen and oxygen atoms in total. The summed E-state index contributed by atoms with van der Waals surface area (Å²) in [6.07, 6.45) is 3.76. The summed E-state index contributed by atoms with van der Waals surface area (Å²) in [4.78, 5) is 66.7. The summed E-state index contributed by atoms with van der Waals surface area (Å²) in [5, 5.41) is 12.3. The van der Waals surface area contributed by atoms with Gasteiger partial charge in [0.25, 0.3) is 11.8 Å². The third kappa shape index (κ3) is 7.96. The smallest absolute Gasteiger partial charge is 0.407 e. The van der Waals surface area contributed by atoms with Gasteiger partial charge in [0.05, 0.1) is 38.0 Å². The van der Waals surface area contributed by atoms with Gasteiger partial charge in [-0.1, -0.05) is 76.2 Å². The van der Waals surface area contributed by atoms with Gasteiger partial charge in [-0.05, 0) is 46.9 Å². The Bertz CT molecular complexity index is 1800. The minimum atomic E-state index is -0.731. The number of methoxy groups -OCH3 is 2. The molecule has 16 heteroatoms. The number of benzene rings is 2. The second-order valence-corrected chi connectivity index (χ2v) is 14.0. The van der Waals surface area contributed by atoms with Crippen molar-refractivity contribution in [2.45, 2.75) is 52.6 Å². The van der Waals surface area contributed by atoms with Gasteiger partial charge in [0.2, 0.25) is 11.9 Å². The van der Waals surface area contributed by atoms with Gasteiger partial charge in [-0.15, -0.1) is 0 Å². The lowest BCUT2D eigenvalue weighted by Gasteiger charge is -2.32. The molecule has 0 spiro atoms. The fourth-order valence-corrected chi connectivity index (χ4v) is 6.70. The second-order valence-electron chi connectivity index (χ2n) is 14.0. The normalized spacial score (nSPS) is 15.5. The lowest BCUT2D eigenvalue weighted by Crippen LogP contribution is -2.54. The van der Waals surface area contributed by atoms with E-state index >= 15 is 0 Å². The van der Waals surface area contributed by atoms with Crippen molar-refractivity contribution in [3.05, 3.63) is 60.9 Å². The highest BCUT2D eigenvalue weighted by Gasteiger charge is 2.37. The summed E-state index contributed by atoms with van der Waals surface area (Å²) in [5.74, 6) is 0.407.